The fraction of sp³-hybridized carbons (Fsp3) is 0.556. The molecule has 1 aromatic heterocycles. The summed E-state index contributed by atoms with van der Waals surface area (Å²) < 4.78 is 2.83. The zero-order valence-electron chi connectivity index (χ0n) is 7.74. The van der Waals surface area contributed by atoms with Gasteiger partial charge < -0.3 is 5.32 Å². The summed E-state index contributed by atoms with van der Waals surface area (Å²) in [7, 11) is 0. The zero-order valence-corrected chi connectivity index (χ0v) is 9.33. The van der Waals surface area contributed by atoms with Gasteiger partial charge in [-0.1, -0.05) is 0 Å². The Balaban J connectivity index is 2.12. The third-order valence-corrected chi connectivity index (χ3v) is 2.81. The molecule has 2 heterocycles. The fourth-order valence-corrected chi connectivity index (χ4v) is 2.00. The summed E-state index contributed by atoms with van der Waals surface area (Å²) in [5.41, 5.74) is 0. The second kappa shape index (κ2) is 4.13. The van der Waals surface area contributed by atoms with Crippen molar-refractivity contribution in [2.75, 3.05) is 6.54 Å². The van der Waals surface area contributed by atoms with E-state index in [1.54, 1.807) is 6.20 Å². The number of hydrogen-bond acceptors (Lipinski definition) is 2. The van der Waals surface area contributed by atoms with Crippen LogP contribution in [0.2, 0.25) is 0 Å². The molecule has 76 valence electrons. The second-order valence-corrected chi connectivity index (χ2v) is 4.40. The van der Waals surface area contributed by atoms with Crippen LogP contribution in [-0.2, 0) is 4.79 Å². The van der Waals surface area contributed by atoms with E-state index in [4.69, 9.17) is 0 Å². The molecule has 1 aromatic rings. The largest absolute Gasteiger partial charge is 0.356 e. The Morgan fingerprint density at radius 3 is 3.21 bits per heavy atom. The molecule has 1 aliphatic rings. The van der Waals surface area contributed by atoms with E-state index in [-0.39, 0.29) is 11.9 Å². The average molecular weight is 258 g/mol. The second-order valence-electron chi connectivity index (χ2n) is 3.49. The Labute approximate surface area is 90.8 Å². The fourth-order valence-electron chi connectivity index (χ4n) is 1.69. The van der Waals surface area contributed by atoms with E-state index >= 15 is 0 Å². The lowest BCUT2D eigenvalue weighted by atomic mass is 10.1. The number of aromatic nitrogens is 2. The van der Waals surface area contributed by atoms with Crippen LogP contribution in [0, 0.1) is 0 Å². The van der Waals surface area contributed by atoms with Gasteiger partial charge in [0.1, 0.15) is 0 Å². The van der Waals surface area contributed by atoms with Crippen molar-refractivity contribution in [2.24, 2.45) is 0 Å². The maximum absolute atomic E-state index is 11.3. The van der Waals surface area contributed by atoms with Crippen molar-refractivity contribution < 1.29 is 4.79 Å². The minimum atomic E-state index is 0.124. The van der Waals surface area contributed by atoms with Crippen molar-refractivity contribution in [1.29, 1.82) is 0 Å². The molecule has 5 heteroatoms. The number of rotatable bonds is 1. The summed E-state index contributed by atoms with van der Waals surface area (Å²) in [6, 6.07) is 0.212. The van der Waals surface area contributed by atoms with Gasteiger partial charge in [-0.25, -0.2) is 0 Å². The summed E-state index contributed by atoms with van der Waals surface area (Å²) in [6.45, 7) is 0.789. The number of hydrogen-bond donors (Lipinski definition) is 1. The first-order chi connectivity index (χ1) is 6.75. The lowest BCUT2D eigenvalue weighted by molar-refractivity contribution is -0.121. The lowest BCUT2D eigenvalue weighted by Gasteiger charge is -2.12. The normalized spacial score (nSPS) is 22.9. The van der Waals surface area contributed by atoms with E-state index < -0.39 is 0 Å². The highest BCUT2D eigenvalue weighted by atomic mass is 79.9. The van der Waals surface area contributed by atoms with Gasteiger partial charge in [0.25, 0.3) is 0 Å². The van der Waals surface area contributed by atoms with Crippen LogP contribution in [0.4, 0.5) is 0 Å². The van der Waals surface area contributed by atoms with E-state index in [0.29, 0.717) is 6.42 Å². The molecule has 1 aliphatic heterocycles. The summed E-state index contributed by atoms with van der Waals surface area (Å²) in [6.07, 6.45) is 6.24. The Morgan fingerprint density at radius 2 is 2.50 bits per heavy atom. The van der Waals surface area contributed by atoms with E-state index in [9.17, 15) is 4.79 Å². The third kappa shape index (κ3) is 2.15. The molecular formula is C9H12BrN3O. The third-order valence-electron chi connectivity index (χ3n) is 2.40. The quantitative estimate of drug-likeness (QED) is 0.829. The van der Waals surface area contributed by atoms with Crippen molar-refractivity contribution in [1.82, 2.24) is 15.1 Å². The van der Waals surface area contributed by atoms with Gasteiger partial charge in [-0.15, -0.1) is 0 Å². The van der Waals surface area contributed by atoms with Crippen molar-refractivity contribution >= 4 is 21.8 Å². The van der Waals surface area contributed by atoms with Crippen molar-refractivity contribution in [3.05, 3.63) is 16.9 Å². The van der Waals surface area contributed by atoms with E-state index in [1.165, 1.54) is 0 Å². The highest BCUT2D eigenvalue weighted by Crippen LogP contribution is 2.21. The predicted octanol–water partition coefficient (Wildman–Crippen LogP) is 1.49. The van der Waals surface area contributed by atoms with Gasteiger partial charge in [0.15, 0.2) is 0 Å². The average Bonchev–Trinajstić information content (AvgIpc) is 2.45. The van der Waals surface area contributed by atoms with Crippen LogP contribution in [0.25, 0.3) is 0 Å². The number of amides is 1. The first-order valence-electron chi connectivity index (χ1n) is 4.72. The molecule has 1 unspecified atom stereocenters. The Bertz CT molecular complexity index is 337. The SMILES string of the molecule is O=C1CC(n2cc(Br)cn2)CCCN1. The molecule has 14 heavy (non-hydrogen) atoms. The monoisotopic (exact) mass is 257 g/mol. The molecule has 0 aromatic carbocycles. The maximum Gasteiger partial charge on any atom is 0.222 e. The Kier molecular flexibility index (Phi) is 2.86. The van der Waals surface area contributed by atoms with Gasteiger partial charge in [0, 0.05) is 19.2 Å². The molecule has 0 saturated carbocycles. The van der Waals surface area contributed by atoms with Crippen molar-refractivity contribution in [3.63, 3.8) is 0 Å². The molecule has 0 bridgehead atoms. The van der Waals surface area contributed by atoms with Gasteiger partial charge in [0.05, 0.1) is 16.7 Å². The van der Waals surface area contributed by atoms with Crippen molar-refractivity contribution in [3.8, 4) is 0 Å². The van der Waals surface area contributed by atoms with Gasteiger partial charge in [-0.3, -0.25) is 9.48 Å². The zero-order chi connectivity index (χ0) is 9.97. The van der Waals surface area contributed by atoms with E-state index in [2.05, 4.69) is 26.3 Å². The minimum Gasteiger partial charge on any atom is -0.356 e. The number of carbonyl (C=O) groups excluding carboxylic acids is 1. The highest BCUT2D eigenvalue weighted by molar-refractivity contribution is 9.10. The predicted molar refractivity (Wildman–Crippen MR) is 55.8 cm³/mol. The molecule has 1 atom stereocenters. The number of nitrogens with zero attached hydrogens (tertiary/aromatic N) is 2. The van der Waals surface area contributed by atoms with Gasteiger partial charge in [0.2, 0.25) is 5.91 Å². The summed E-state index contributed by atoms with van der Waals surface area (Å²) in [5, 5.41) is 7.06. The summed E-state index contributed by atoms with van der Waals surface area (Å²) in [4.78, 5) is 11.3. The molecular weight excluding hydrogens is 246 g/mol. The molecule has 2 rings (SSSR count). The van der Waals surface area contributed by atoms with Crippen molar-refractivity contribution in [2.45, 2.75) is 25.3 Å². The molecule has 4 nitrogen and oxygen atoms in total. The molecule has 0 spiro atoms. The Hall–Kier alpha value is -0.840. The molecule has 1 saturated heterocycles. The number of carbonyl (C=O) groups is 1. The standard InChI is InChI=1S/C9H12BrN3O/c10-7-5-12-13(6-7)8-2-1-3-11-9(14)4-8/h5-6,8H,1-4H2,(H,11,14). The highest BCUT2D eigenvalue weighted by Gasteiger charge is 2.19. The van der Waals surface area contributed by atoms with Crippen LogP contribution in [0.5, 0.6) is 0 Å². The van der Waals surface area contributed by atoms with Crippen LogP contribution in [-0.4, -0.2) is 22.2 Å². The van der Waals surface area contributed by atoms with Crippen LogP contribution >= 0.6 is 15.9 Å². The number of nitrogens with one attached hydrogen (secondary N) is 1. The molecule has 1 fully saturated rings. The van der Waals surface area contributed by atoms with E-state index in [0.717, 1.165) is 23.9 Å². The summed E-state index contributed by atoms with van der Waals surface area (Å²) in [5.74, 6) is 0.124. The first-order valence-corrected chi connectivity index (χ1v) is 5.51. The van der Waals surface area contributed by atoms with Gasteiger partial charge in [-0.05, 0) is 28.8 Å². The van der Waals surface area contributed by atoms with Gasteiger partial charge >= 0.3 is 0 Å². The topological polar surface area (TPSA) is 46.9 Å². The smallest absolute Gasteiger partial charge is 0.222 e. The van der Waals surface area contributed by atoms with Crippen LogP contribution < -0.4 is 5.32 Å². The first kappa shape index (κ1) is 9.71. The number of halogens is 1. The summed E-state index contributed by atoms with van der Waals surface area (Å²) >= 11 is 3.35. The maximum atomic E-state index is 11.3. The molecule has 0 aliphatic carbocycles. The van der Waals surface area contributed by atoms with Crippen LogP contribution in [0.3, 0.4) is 0 Å². The molecule has 1 amide bonds. The molecule has 0 radical (unpaired) electrons. The van der Waals surface area contributed by atoms with Crippen LogP contribution in [0.1, 0.15) is 25.3 Å². The van der Waals surface area contributed by atoms with E-state index in [1.807, 2.05) is 10.9 Å². The Morgan fingerprint density at radius 1 is 1.64 bits per heavy atom. The molecule has 1 N–H and O–H groups in total. The van der Waals surface area contributed by atoms with Crippen LogP contribution in [0.15, 0.2) is 16.9 Å². The van der Waals surface area contributed by atoms with Gasteiger partial charge in [-0.2, -0.15) is 5.10 Å². The minimum absolute atomic E-state index is 0.124. The lowest BCUT2D eigenvalue weighted by Crippen LogP contribution is -2.23.